The van der Waals surface area contributed by atoms with E-state index in [1.807, 2.05) is 31.7 Å². The molecule has 5 atom stereocenters. The molecule has 8 rings (SSSR count). The minimum Gasteiger partial charge on any atom is -0.488 e. The molecule has 14 nitrogen and oxygen atoms in total. The SMILES string of the molecule is COC[C@@H]1CN(C(=O)O)[C@](c2ncc(-c3ccc4c(c3)COc3cc5c(ccc6nc([C@@H]7CC[C@H](C)N7C(=O)[C@@H](NC(=O)OC)C(C)C)[nH]c65)cc3-4)[nH]2)(C(C)(C)C)C1. The molecule has 0 bridgehead atoms. The van der Waals surface area contributed by atoms with Gasteiger partial charge in [-0.25, -0.2) is 19.6 Å². The summed E-state index contributed by atoms with van der Waals surface area (Å²) in [5.74, 6) is 1.88. The molecule has 3 aromatic carbocycles. The Kier molecular flexibility index (Phi) is 9.89. The molecule has 0 radical (unpaired) electrons. The van der Waals surface area contributed by atoms with Crippen molar-refractivity contribution in [1.82, 2.24) is 35.1 Å². The molecule has 0 aliphatic carbocycles. The predicted octanol–water partition coefficient (Wildman–Crippen LogP) is 7.99. The number of amides is 3. The second-order valence-corrected chi connectivity index (χ2v) is 17.5. The Hall–Kier alpha value is -5.63. The minimum absolute atomic E-state index is 0.0250. The lowest BCUT2D eigenvalue weighted by molar-refractivity contribution is -0.137. The van der Waals surface area contributed by atoms with Gasteiger partial charge in [0.05, 0.1) is 42.7 Å². The zero-order valence-corrected chi connectivity index (χ0v) is 34.4. The fourth-order valence-electron chi connectivity index (χ4n) is 9.69. The molecule has 2 saturated heterocycles. The fourth-order valence-corrected chi connectivity index (χ4v) is 9.69. The third kappa shape index (κ3) is 6.41. The first-order valence-corrected chi connectivity index (χ1v) is 20.1. The van der Waals surface area contributed by atoms with Gasteiger partial charge in [-0.2, -0.15) is 0 Å². The number of aromatic amines is 2. The number of ether oxygens (including phenoxy) is 3. The number of methoxy groups -OCH3 is 2. The van der Waals surface area contributed by atoms with E-state index in [2.05, 4.69) is 72.5 Å². The molecule has 0 spiro atoms. The van der Waals surface area contributed by atoms with Crippen molar-refractivity contribution in [2.45, 2.75) is 91.1 Å². The highest BCUT2D eigenvalue weighted by atomic mass is 16.5. The number of fused-ring (bicyclic) bond motifs is 6. The van der Waals surface area contributed by atoms with E-state index in [9.17, 15) is 19.5 Å². The van der Waals surface area contributed by atoms with Gasteiger partial charge in [0.1, 0.15) is 35.6 Å². The van der Waals surface area contributed by atoms with Gasteiger partial charge < -0.3 is 39.5 Å². The predicted molar refractivity (Wildman–Crippen MR) is 219 cm³/mol. The Morgan fingerprint density at radius 1 is 1.07 bits per heavy atom. The van der Waals surface area contributed by atoms with E-state index in [-0.39, 0.29) is 29.8 Å². The maximum Gasteiger partial charge on any atom is 0.408 e. The van der Waals surface area contributed by atoms with Crippen molar-refractivity contribution in [3.63, 3.8) is 0 Å². The van der Waals surface area contributed by atoms with Crippen LogP contribution in [0.25, 0.3) is 44.2 Å². The number of benzene rings is 3. The van der Waals surface area contributed by atoms with Gasteiger partial charge in [-0.05, 0) is 83.9 Å². The number of nitrogens with zero attached hydrogens (tertiary/aromatic N) is 4. The summed E-state index contributed by atoms with van der Waals surface area (Å²) in [6.07, 6.45) is 2.37. The fraction of sp³-hybridized carbons (Fsp3) is 0.477. The zero-order valence-electron chi connectivity index (χ0n) is 34.4. The van der Waals surface area contributed by atoms with Crippen molar-refractivity contribution < 1.29 is 33.7 Å². The minimum atomic E-state index is -0.967. The lowest BCUT2D eigenvalue weighted by atomic mass is 9.70. The number of rotatable bonds is 8. The van der Waals surface area contributed by atoms with Crippen LogP contribution in [0, 0.1) is 17.3 Å². The van der Waals surface area contributed by atoms with Crippen LogP contribution in [0.4, 0.5) is 9.59 Å². The Morgan fingerprint density at radius 3 is 2.57 bits per heavy atom. The molecule has 5 heterocycles. The third-order valence-electron chi connectivity index (χ3n) is 12.6. The summed E-state index contributed by atoms with van der Waals surface area (Å²) >= 11 is 0. The van der Waals surface area contributed by atoms with Crippen molar-refractivity contribution in [3.05, 3.63) is 65.9 Å². The number of imidazole rings is 2. The van der Waals surface area contributed by atoms with Gasteiger partial charge in [-0.15, -0.1) is 0 Å². The summed E-state index contributed by atoms with van der Waals surface area (Å²) in [5.41, 5.74) is 5.21. The zero-order chi connectivity index (χ0) is 41.3. The van der Waals surface area contributed by atoms with E-state index in [1.165, 1.54) is 7.11 Å². The normalized spacial score (nSPS) is 22.3. The number of H-pyrrole nitrogens is 2. The average molecular weight is 792 g/mol. The lowest BCUT2D eigenvalue weighted by Crippen LogP contribution is -2.53. The quantitative estimate of drug-likeness (QED) is 0.121. The summed E-state index contributed by atoms with van der Waals surface area (Å²) in [5, 5.41) is 15.1. The maximum absolute atomic E-state index is 14.0. The molecule has 306 valence electrons. The van der Waals surface area contributed by atoms with Crippen LogP contribution in [-0.2, 0) is 26.4 Å². The number of carbonyl (C=O) groups is 3. The number of nitrogens with one attached hydrogen (secondary N) is 3. The monoisotopic (exact) mass is 791 g/mol. The summed E-state index contributed by atoms with van der Waals surface area (Å²) in [4.78, 5) is 59.1. The second kappa shape index (κ2) is 14.6. The van der Waals surface area contributed by atoms with E-state index in [4.69, 9.17) is 24.2 Å². The first-order chi connectivity index (χ1) is 27.6. The second-order valence-electron chi connectivity index (χ2n) is 17.5. The number of aromatic nitrogens is 4. The summed E-state index contributed by atoms with van der Waals surface area (Å²) in [7, 11) is 2.94. The van der Waals surface area contributed by atoms with E-state index in [0.717, 1.165) is 68.3 Å². The number of carboxylic acid groups (broad SMARTS) is 1. The van der Waals surface area contributed by atoms with E-state index >= 15 is 0 Å². The van der Waals surface area contributed by atoms with Crippen molar-refractivity contribution >= 4 is 39.9 Å². The molecule has 2 fully saturated rings. The smallest absolute Gasteiger partial charge is 0.408 e. The van der Waals surface area contributed by atoms with Crippen molar-refractivity contribution in [1.29, 1.82) is 0 Å². The first kappa shape index (κ1) is 39.2. The van der Waals surface area contributed by atoms with Crippen LogP contribution in [0.2, 0.25) is 0 Å². The largest absolute Gasteiger partial charge is 0.488 e. The molecule has 3 aliphatic heterocycles. The number of alkyl carbamates (subject to hydrolysis) is 1. The van der Waals surface area contributed by atoms with Crippen LogP contribution < -0.4 is 10.1 Å². The van der Waals surface area contributed by atoms with Crippen LogP contribution in [-0.4, -0.2) is 92.4 Å². The molecular weight excluding hydrogens is 739 g/mol. The highest BCUT2D eigenvalue weighted by Crippen LogP contribution is 2.52. The van der Waals surface area contributed by atoms with Crippen LogP contribution in [0.5, 0.6) is 5.75 Å². The van der Waals surface area contributed by atoms with Crippen LogP contribution >= 0.6 is 0 Å². The van der Waals surface area contributed by atoms with E-state index in [0.29, 0.717) is 37.8 Å². The number of hydrogen-bond acceptors (Lipinski definition) is 8. The Balaban J connectivity index is 1.10. The van der Waals surface area contributed by atoms with Gasteiger partial charge >= 0.3 is 12.2 Å². The van der Waals surface area contributed by atoms with Gasteiger partial charge in [0.25, 0.3) is 0 Å². The average Bonchev–Trinajstić information content (AvgIpc) is 4.00. The van der Waals surface area contributed by atoms with E-state index < -0.39 is 29.2 Å². The van der Waals surface area contributed by atoms with Crippen molar-refractivity contribution in [2.24, 2.45) is 17.3 Å². The van der Waals surface area contributed by atoms with Gasteiger partial charge in [0, 0.05) is 36.6 Å². The Morgan fingerprint density at radius 2 is 1.86 bits per heavy atom. The molecule has 58 heavy (non-hydrogen) atoms. The highest BCUT2D eigenvalue weighted by Gasteiger charge is 2.58. The van der Waals surface area contributed by atoms with Gasteiger partial charge in [0.15, 0.2) is 0 Å². The first-order valence-electron chi connectivity index (χ1n) is 20.1. The maximum atomic E-state index is 14.0. The highest BCUT2D eigenvalue weighted by molar-refractivity contribution is 6.07. The number of carbonyl (C=O) groups excluding carboxylic acids is 2. The van der Waals surface area contributed by atoms with E-state index in [1.54, 1.807) is 18.2 Å². The summed E-state index contributed by atoms with van der Waals surface area (Å²) in [6, 6.07) is 13.6. The molecule has 3 amide bonds. The molecule has 3 aliphatic rings. The Bertz CT molecular complexity index is 2410. The molecule has 4 N–H and O–H groups in total. The van der Waals surface area contributed by atoms with Crippen LogP contribution in [0.1, 0.15) is 84.1 Å². The molecular formula is C44H53N7O7. The molecule has 5 aromatic rings. The summed E-state index contributed by atoms with van der Waals surface area (Å²) in [6.45, 7) is 13.3. The number of likely N-dealkylation sites (tertiary alicyclic amines) is 2. The third-order valence-corrected chi connectivity index (χ3v) is 12.6. The lowest BCUT2D eigenvalue weighted by Gasteiger charge is -2.45. The molecule has 2 aromatic heterocycles. The molecule has 14 heteroatoms. The van der Waals surface area contributed by atoms with Gasteiger partial charge in [0.2, 0.25) is 5.91 Å². The Labute approximate surface area is 337 Å². The van der Waals surface area contributed by atoms with Crippen LogP contribution in [0.3, 0.4) is 0 Å². The standard InChI is InChI=1S/C44H53N7O7/c1-23(2)36(49-41(53)57-8)39(52)51-24(3)9-14-34(51)38-46-32-13-11-26-16-31-29-12-10-27(15-28(29)22-58-35(31)17-30(26)37(32)48-38)33-19-45-40(47-33)44(43(4,5)6)18-25(21-56-7)20-50(44)42(54)55/h10-13,15-17,19,23-25,34,36H,9,14,18,20-22H2,1-8H3,(H,45,47)(H,46,48)(H,49,53)(H,54,55)/t24-,25-,34-,36-,44+/m0/s1. The van der Waals surface area contributed by atoms with Crippen molar-refractivity contribution in [2.75, 3.05) is 27.4 Å². The number of hydrogen-bond donors (Lipinski definition) is 4. The topological polar surface area (TPSA) is 175 Å². The van der Waals surface area contributed by atoms with Gasteiger partial charge in [-0.3, -0.25) is 9.69 Å². The molecule has 0 saturated carbocycles. The van der Waals surface area contributed by atoms with Crippen LogP contribution in [0.15, 0.2) is 48.7 Å². The molecule has 0 unspecified atom stereocenters. The van der Waals surface area contributed by atoms with Crippen molar-refractivity contribution in [3.8, 4) is 28.1 Å². The summed E-state index contributed by atoms with van der Waals surface area (Å²) < 4.78 is 16.7. The van der Waals surface area contributed by atoms with Gasteiger partial charge in [-0.1, -0.05) is 52.8 Å².